The highest BCUT2D eigenvalue weighted by molar-refractivity contribution is 5.83. The van der Waals surface area contributed by atoms with Crippen LogP contribution in [0.1, 0.15) is 11.1 Å². The standard InChI is InChI=1S/C14H13N7/c1-21(7-10-4-2-3-9(5-10)6-15)13-11-12(18-8-17-11)19-14(16)20-13/h2-5,8H,7H2,1H3,(H3,16,17,18,19,20). The molecule has 2 aromatic heterocycles. The van der Waals surface area contributed by atoms with Gasteiger partial charge in [-0.2, -0.15) is 15.2 Å². The van der Waals surface area contributed by atoms with Gasteiger partial charge < -0.3 is 15.6 Å². The van der Waals surface area contributed by atoms with Crippen molar-refractivity contribution in [2.45, 2.75) is 6.54 Å². The number of hydrogen-bond acceptors (Lipinski definition) is 6. The molecule has 0 saturated heterocycles. The van der Waals surface area contributed by atoms with E-state index in [-0.39, 0.29) is 5.95 Å². The summed E-state index contributed by atoms with van der Waals surface area (Å²) < 4.78 is 0. The summed E-state index contributed by atoms with van der Waals surface area (Å²) in [6.07, 6.45) is 1.56. The minimum Gasteiger partial charge on any atom is -0.368 e. The van der Waals surface area contributed by atoms with Gasteiger partial charge in [0.2, 0.25) is 5.95 Å². The molecule has 2 heterocycles. The van der Waals surface area contributed by atoms with Crippen LogP contribution in [-0.4, -0.2) is 27.0 Å². The van der Waals surface area contributed by atoms with Crippen LogP contribution in [0.5, 0.6) is 0 Å². The van der Waals surface area contributed by atoms with Gasteiger partial charge in [0.05, 0.1) is 18.0 Å². The Kier molecular flexibility index (Phi) is 3.12. The minimum absolute atomic E-state index is 0.183. The lowest BCUT2D eigenvalue weighted by Gasteiger charge is -2.19. The van der Waals surface area contributed by atoms with E-state index in [1.165, 1.54) is 0 Å². The van der Waals surface area contributed by atoms with Crippen molar-refractivity contribution in [2.24, 2.45) is 0 Å². The number of nitrogens with one attached hydrogen (secondary N) is 1. The lowest BCUT2D eigenvalue weighted by atomic mass is 10.1. The number of nitrogen functional groups attached to an aromatic ring is 1. The SMILES string of the molecule is CN(Cc1cccc(C#N)c1)c1nc(N)nc2nc[nH]c12. The Balaban J connectivity index is 1.95. The molecule has 1 aromatic carbocycles. The summed E-state index contributed by atoms with van der Waals surface area (Å²) in [6, 6.07) is 9.59. The molecule has 3 aromatic rings. The number of hydrogen-bond donors (Lipinski definition) is 2. The summed E-state index contributed by atoms with van der Waals surface area (Å²) >= 11 is 0. The molecule has 0 saturated carbocycles. The van der Waals surface area contributed by atoms with Crippen LogP contribution in [0, 0.1) is 11.3 Å². The molecular formula is C14H13N7. The van der Waals surface area contributed by atoms with Crippen molar-refractivity contribution in [3.8, 4) is 6.07 Å². The van der Waals surface area contributed by atoms with E-state index in [0.29, 0.717) is 23.6 Å². The molecule has 0 unspecified atom stereocenters. The molecule has 0 aliphatic heterocycles. The molecule has 104 valence electrons. The van der Waals surface area contributed by atoms with Crippen molar-refractivity contribution in [1.82, 2.24) is 19.9 Å². The van der Waals surface area contributed by atoms with E-state index in [1.807, 2.05) is 30.1 Å². The maximum atomic E-state index is 8.95. The van der Waals surface area contributed by atoms with Gasteiger partial charge in [-0.25, -0.2) is 4.98 Å². The molecule has 21 heavy (non-hydrogen) atoms. The topological polar surface area (TPSA) is 108 Å². The Morgan fingerprint density at radius 1 is 1.38 bits per heavy atom. The summed E-state index contributed by atoms with van der Waals surface area (Å²) in [5.74, 6) is 0.861. The third-order valence-corrected chi connectivity index (χ3v) is 3.12. The molecule has 3 rings (SSSR count). The highest BCUT2D eigenvalue weighted by Gasteiger charge is 2.13. The van der Waals surface area contributed by atoms with Crippen LogP contribution in [0.2, 0.25) is 0 Å². The summed E-state index contributed by atoms with van der Waals surface area (Å²) in [5.41, 5.74) is 8.64. The van der Waals surface area contributed by atoms with Crippen molar-refractivity contribution in [2.75, 3.05) is 17.7 Å². The molecule has 0 fully saturated rings. The fraction of sp³-hybridized carbons (Fsp3) is 0.143. The molecule has 0 spiro atoms. The van der Waals surface area contributed by atoms with Gasteiger partial charge in [0, 0.05) is 13.6 Å². The second-order valence-electron chi connectivity index (χ2n) is 4.67. The Labute approximate surface area is 121 Å². The van der Waals surface area contributed by atoms with E-state index in [4.69, 9.17) is 11.0 Å². The molecule has 0 atom stereocenters. The zero-order valence-corrected chi connectivity index (χ0v) is 11.4. The number of imidazole rings is 1. The molecule has 7 heteroatoms. The number of fused-ring (bicyclic) bond motifs is 1. The quantitative estimate of drug-likeness (QED) is 0.751. The van der Waals surface area contributed by atoms with E-state index >= 15 is 0 Å². The van der Waals surface area contributed by atoms with E-state index in [1.54, 1.807) is 12.4 Å². The molecule has 0 aliphatic rings. The Morgan fingerprint density at radius 2 is 2.24 bits per heavy atom. The van der Waals surface area contributed by atoms with Crippen molar-refractivity contribution in [3.63, 3.8) is 0 Å². The fourth-order valence-corrected chi connectivity index (χ4v) is 2.20. The van der Waals surface area contributed by atoms with Crippen LogP contribution in [0.15, 0.2) is 30.6 Å². The fourth-order valence-electron chi connectivity index (χ4n) is 2.20. The van der Waals surface area contributed by atoms with Gasteiger partial charge in [0.25, 0.3) is 0 Å². The molecular weight excluding hydrogens is 266 g/mol. The third-order valence-electron chi connectivity index (χ3n) is 3.12. The Bertz CT molecular complexity index is 831. The Hall–Kier alpha value is -3.14. The van der Waals surface area contributed by atoms with Crippen LogP contribution in [0.4, 0.5) is 11.8 Å². The second kappa shape index (κ2) is 5.09. The first-order valence-electron chi connectivity index (χ1n) is 6.34. The summed E-state index contributed by atoms with van der Waals surface area (Å²) in [5, 5.41) is 8.95. The lowest BCUT2D eigenvalue weighted by molar-refractivity contribution is 0.900. The second-order valence-corrected chi connectivity index (χ2v) is 4.67. The molecule has 0 amide bonds. The van der Waals surface area contributed by atoms with Crippen molar-refractivity contribution in [3.05, 3.63) is 41.7 Å². The van der Waals surface area contributed by atoms with Gasteiger partial charge in [0.15, 0.2) is 11.5 Å². The van der Waals surface area contributed by atoms with Gasteiger partial charge in [-0.15, -0.1) is 0 Å². The number of anilines is 2. The van der Waals surface area contributed by atoms with Crippen LogP contribution in [0.3, 0.4) is 0 Å². The van der Waals surface area contributed by atoms with Gasteiger partial charge in [-0.3, -0.25) is 0 Å². The highest BCUT2D eigenvalue weighted by Crippen LogP contribution is 2.22. The number of H-pyrrole nitrogens is 1. The number of benzene rings is 1. The van der Waals surface area contributed by atoms with Crippen molar-refractivity contribution in [1.29, 1.82) is 5.26 Å². The minimum atomic E-state index is 0.183. The molecule has 7 nitrogen and oxygen atoms in total. The first kappa shape index (κ1) is 12.9. The van der Waals surface area contributed by atoms with Gasteiger partial charge in [-0.1, -0.05) is 12.1 Å². The van der Waals surface area contributed by atoms with Crippen LogP contribution in [0.25, 0.3) is 11.2 Å². The molecule has 0 bridgehead atoms. The van der Waals surface area contributed by atoms with Crippen LogP contribution >= 0.6 is 0 Å². The number of nitrogens with two attached hydrogens (primary N) is 1. The maximum absolute atomic E-state index is 8.95. The van der Waals surface area contributed by atoms with E-state index < -0.39 is 0 Å². The third kappa shape index (κ3) is 2.47. The van der Waals surface area contributed by atoms with Gasteiger partial charge in [0.1, 0.15) is 5.52 Å². The van der Waals surface area contributed by atoms with E-state index in [2.05, 4.69) is 26.0 Å². The first-order chi connectivity index (χ1) is 10.2. The van der Waals surface area contributed by atoms with E-state index in [0.717, 1.165) is 11.1 Å². The van der Waals surface area contributed by atoms with Gasteiger partial charge in [-0.05, 0) is 17.7 Å². The van der Waals surface area contributed by atoms with E-state index in [9.17, 15) is 0 Å². The largest absolute Gasteiger partial charge is 0.368 e. The lowest BCUT2D eigenvalue weighted by Crippen LogP contribution is -2.19. The molecule has 3 N–H and O–H groups in total. The Morgan fingerprint density at radius 3 is 3.05 bits per heavy atom. The molecule has 0 radical (unpaired) electrons. The predicted molar refractivity (Wildman–Crippen MR) is 79.4 cm³/mol. The number of nitriles is 1. The zero-order chi connectivity index (χ0) is 14.8. The van der Waals surface area contributed by atoms with Gasteiger partial charge >= 0.3 is 0 Å². The zero-order valence-electron chi connectivity index (χ0n) is 11.4. The maximum Gasteiger partial charge on any atom is 0.224 e. The van der Waals surface area contributed by atoms with Crippen LogP contribution in [-0.2, 0) is 6.54 Å². The summed E-state index contributed by atoms with van der Waals surface area (Å²) in [6.45, 7) is 0.597. The number of aromatic nitrogens is 4. The highest BCUT2D eigenvalue weighted by atomic mass is 15.2. The first-order valence-corrected chi connectivity index (χ1v) is 6.34. The normalized spacial score (nSPS) is 10.5. The molecule has 0 aliphatic carbocycles. The predicted octanol–water partition coefficient (Wildman–Crippen LogP) is 1.44. The number of aromatic amines is 1. The van der Waals surface area contributed by atoms with Crippen molar-refractivity contribution < 1.29 is 0 Å². The average Bonchev–Trinajstić information content (AvgIpc) is 2.94. The summed E-state index contributed by atoms with van der Waals surface area (Å²) in [7, 11) is 1.90. The average molecular weight is 279 g/mol. The number of rotatable bonds is 3. The van der Waals surface area contributed by atoms with Crippen molar-refractivity contribution >= 4 is 22.9 Å². The smallest absolute Gasteiger partial charge is 0.224 e. The monoisotopic (exact) mass is 279 g/mol. The summed E-state index contributed by atoms with van der Waals surface area (Å²) in [4.78, 5) is 17.4. The van der Waals surface area contributed by atoms with Crippen LogP contribution < -0.4 is 10.6 Å². The number of nitrogens with zero attached hydrogens (tertiary/aromatic N) is 5.